The molecule has 1 rings (SSSR count). The molecule has 1 aromatic heterocycles. The second-order valence-electron chi connectivity index (χ2n) is 4.37. The Morgan fingerprint density at radius 3 is 2.50 bits per heavy atom. The molecule has 0 aliphatic heterocycles. The van der Waals surface area contributed by atoms with Crippen LogP contribution in [0.1, 0.15) is 36.6 Å². The molecule has 0 amide bonds. The minimum atomic E-state index is 0.0888. The van der Waals surface area contributed by atoms with Crippen LogP contribution in [0.3, 0.4) is 0 Å². The van der Waals surface area contributed by atoms with Crippen molar-refractivity contribution in [1.82, 2.24) is 10.2 Å². The SMILES string of the molecule is CCc1ccc(C(CO)NCCN(CC)CC)s1. The van der Waals surface area contributed by atoms with Gasteiger partial charge in [0, 0.05) is 22.8 Å². The first-order valence-electron chi connectivity index (χ1n) is 6.90. The number of hydrogen-bond acceptors (Lipinski definition) is 4. The van der Waals surface area contributed by atoms with Gasteiger partial charge in [-0.05, 0) is 31.6 Å². The Bertz CT molecular complexity index is 323. The molecule has 1 aromatic rings. The average molecular weight is 270 g/mol. The molecule has 2 N–H and O–H groups in total. The summed E-state index contributed by atoms with van der Waals surface area (Å²) in [6.07, 6.45) is 1.07. The van der Waals surface area contributed by atoms with Gasteiger partial charge in [0.1, 0.15) is 0 Å². The highest BCUT2D eigenvalue weighted by Crippen LogP contribution is 2.23. The summed E-state index contributed by atoms with van der Waals surface area (Å²) in [7, 11) is 0. The summed E-state index contributed by atoms with van der Waals surface area (Å²) in [6, 6.07) is 4.38. The van der Waals surface area contributed by atoms with E-state index in [-0.39, 0.29) is 12.6 Å². The molecule has 104 valence electrons. The van der Waals surface area contributed by atoms with Crippen molar-refractivity contribution in [2.24, 2.45) is 0 Å². The summed E-state index contributed by atoms with van der Waals surface area (Å²) in [5.74, 6) is 0. The lowest BCUT2D eigenvalue weighted by Gasteiger charge is -2.20. The van der Waals surface area contributed by atoms with Crippen LogP contribution in [0.2, 0.25) is 0 Å². The molecule has 0 saturated heterocycles. The summed E-state index contributed by atoms with van der Waals surface area (Å²) >= 11 is 1.80. The highest BCUT2D eigenvalue weighted by Gasteiger charge is 2.12. The lowest BCUT2D eigenvalue weighted by Crippen LogP contribution is -2.34. The van der Waals surface area contributed by atoms with Crippen LogP contribution >= 0.6 is 11.3 Å². The molecule has 1 unspecified atom stereocenters. The van der Waals surface area contributed by atoms with Crippen LogP contribution in [0.4, 0.5) is 0 Å². The van der Waals surface area contributed by atoms with E-state index in [0.29, 0.717) is 0 Å². The van der Waals surface area contributed by atoms with Crippen LogP contribution < -0.4 is 5.32 Å². The smallest absolute Gasteiger partial charge is 0.0650 e. The molecule has 0 aliphatic rings. The number of hydrogen-bond donors (Lipinski definition) is 2. The first-order chi connectivity index (χ1) is 8.74. The molecule has 18 heavy (non-hydrogen) atoms. The number of aryl methyl sites for hydroxylation is 1. The Balaban J connectivity index is 2.42. The number of aliphatic hydroxyl groups is 1. The molecule has 0 spiro atoms. The van der Waals surface area contributed by atoms with Crippen LogP contribution in [0.5, 0.6) is 0 Å². The van der Waals surface area contributed by atoms with Gasteiger partial charge in [0.05, 0.1) is 12.6 Å². The first kappa shape index (κ1) is 15.6. The number of nitrogens with one attached hydrogen (secondary N) is 1. The molecule has 3 nitrogen and oxygen atoms in total. The van der Waals surface area contributed by atoms with Gasteiger partial charge >= 0.3 is 0 Å². The van der Waals surface area contributed by atoms with Crippen molar-refractivity contribution in [2.45, 2.75) is 33.2 Å². The fourth-order valence-electron chi connectivity index (χ4n) is 1.96. The first-order valence-corrected chi connectivity index (χ1v) is 7.71. The van der Waals surface area contributed by atoms with Gasteiger partial charge in [-0.1, -0.05) is 20.8 Å². The van der Waals surface area contributed by atoms with Gasteiger partial charge in [-0.3, -0.25) is 0 Å². The largest absolute Gasteiger partial charge is 0.394 e. The molecule has 0 aliphatic carbocycles. The molecular formula is C14H26N2OS. The summed E-state index contributed by atoms with van der Waals surface area (Å²) in [5, 5.41) is 12.9. The molecule has 0 fully saturated rings. The van der Waals surface area contributed by atoms with E-state index >= 15 is 0 Å². The maximum Gasteiger partial charge on any atom is 0.0650 e. The van der Waals surface area contributed by atoms with Crippen molar-refractivity contribution in [3.8, 4) is 0 Å². The maximum absolute atomic E-state index is 9.47. The van der Waals surface area contributed by atoms with E-state index in [4.69, 9.17) is 0 Å². The number of thiophene rings is 1. The number of likely N-dealkylation sites (N-methyl/N-ethyl adjacent to an activating group) is 1. The van der Waals surface area contributed by atoms with Crippen molar-refractivity contribution in [1.29, 1.82) is 0 Å². The third kappa shape index (κ3) is 4.69. The Morgan fingerprint density at radius 2 is 2.00 bits per heavy atom. The molecule has 0 radical (unpaired) electrons. The van der Waals surface area contributed by atoms with Crippen LogP contribution in [0.15, 0.2) is 12.1 Å². The van der Waals surface area contributed by atoms with Crippen LogP contribution in [-0.4, -0.2) is 42.8 Å². The number of rotatable bonds is 9. The van der Waals surface area contributed by atoms with E-state index in [1.54, 1.807) is 11.3 Å². The normalized spacial score (nSPS) is 13.2. The lowest BCUT2D eigenvalue weighted by molar-refractivity contribution is 0.235. The molecule has 0 bridgehead atoms. The van der Waals surface area contributed by atoms with Crippen LogP contribution in [-0.2, 0) is 6.42 Å². The van der Waals surface area contributed by atoms with Gasteiger partial charge in [0.25, 0.3) is 0 Å². The Hall–Kier alpha value is -0.420. The predicted octanol–water partition coefficient (Wildman–Crippen LogP) is 2.28. The predicted molar refractivity (Wildman–Crippen MR) is 79.3 cm³/mol. The highest BCUT2D eigenvalue weighted by atomic mass is 32.1. The number of aliphatic hydroxyl groups excluding tert-OH is 1. The second-order valence-corrected chi connectivity index (χ2v) is 5.57. The molecule has 1 heterocycles. The summed E-state index contributed by atoms with van der Waals surface area (Å²) < 4.78 is 0. The van der Waals surface area contributed by atoms with Crippen molar-refractivity contribution < 1.29 is 5.11 Å². The fourth-order valence-corrected chi connectivity index (χ4v) is 2.98. The van der Waals surface area contributed by atoms with E-state index in [2.05, 4.69) is 43.1 Å². The zero-order chi connectivity index (χ0) is 13.4. The van der Waals surface area contributed by atoms with Gasteiger partial charge in [0.15, 0.2) is 0 Å². The Morgan fingerprint density at radius 1 is 1.28 bits per heavy atom. The third-order valence-electron chi connectivity index (χ3n) is 3.27. The van der Waals surface area contributed by atoms with Crippen LogP contribution in [0, 0.1) is 0 Å². The van der Waals surface area contributed by atoms with E-state index in [9.17, 15) is 5.11 Å². The van der Waals surface area contributed by atoms with Crippen LogP contribution in [0.25, 0.3) is 0 Å². The minimum absolute atomic E-state index is 0.0888. The summed E-state index contributed by atoms with van der Waals surface area (Å²) in [6.45, 7) is 10.8. The van der Waals surface area contributed by atoms with Gasteiger partial charge in [-0.25, -0.2) is 0 Å². The summed E-state index contributed by atoms with van der Waals surface area (Å²) in [5.41, 5.74) is 0. The average Bonchev–Trinajstić information content (AvgIpc) is 2.88. The van der Waals surface area contributed by atoms with Gasteiger partial charge < -0.3 is 15.3 Å². The standard InChI is InChI=1S/C14H26N2OS/c1-4-12-7-8-14(18-12)13(11-17)15-9-10-16(5-2)6-3/h7-8,13,15,17H,4-6,9-11H2,1-3H3. The van der Waals surface area contributed by atoms with Crippen molar-refractivity contribution >= 4 is 11.3 Å². The topological polar surface area (TPSA) is 35.5 Å². The van der Waals surface area contributed by atoms with Gasteiger partial charge in [0.2, 0.25) is 0 Å². The number of nitrogens with zero attached hydrogens (tertiary/aromatic N) is 1. The Kier molecular flexibility index (Phi) is 7.51. The molecule has 0 saturated carbocycles. The van der Waals surface area contributed by atoms with Crippen molar-refractivity contribution in [2.75, 3.05) is 32.8 Å². The van der Waals surface area contributed by atoms with Gasteiger partial charge in [-0.15, -0.1) is 11.3 Å². The van der Waals surface area contributed by atoms with E-state index in [1.165, 1.54) is 9.75 Å². The van der Waals surface area contributed by atoms with Gasteiger partial charge in [-0.2, -0.15) is 0 Å². The molecule has 4 heteroatoms. The quantitative estimate of drug-likeness (QED) is 0.722. The second kappa shape index (κ2) is 8.64. The maximum atomic E-state index is 9.47. The highest BCUT2D eigenvalue weighted by molar-refractivity contribution is 7.12. The Labute approximate surface area is 115 Å². The fraction of sp³-hybridized carbons (Fsp3) is 0.714. The summed E-state index contributed by atoms with van der Waals surface area (Å²) in [4.78, 5) is 5.01. The monoisotopic (exact) mass is 270 g/mol. The minimum Gasteiger partial charge on any atom is -0.394 e. The molecule has 0 aromatic carbocycles. The van der Waals surface area contributed by atoms with Crippen molar-refractivity contribution in [3.63, 3.8) is 0 Å². The lowest BCUT2D eigenvalue weighted by atomic mass is 10.2. The molecular weight excluding hydrogens is 244 g/mol. The van der Waals surface area contributed by atoms with E-state index < -0.39 is 0 Å². The zero-order valence-electron chi connectivity index (χ0n) is 11.8. The molecule has 1 atom stereocenters. The van der Waals surface area contributed by atoms with Crippen molar-refractivity contribution in [3.05, 3.63) is 21.9 Å². The van der Waals surface area contributed by atoms with E-state index in [1.807, 2.05) is 0 Å². The third-order valence-corrected chi connectivity index (χ3v) is 4.61. The zero-order valence-corrected chi connectivity index (χ0v) is 12.6. The van der Waals surface area contributed by atoms with E-state index in [0.717, 1.165) is 32.6 Å².